The van der Waals surface area contributed by atoms with Crippen molar-refractivity contribution in [2.24, 2.45) is 5.73 Å². The number of Topliss-reactive ketones (excluding diaryl/α,β-unsaturated/α-hetero) is 1. The van der Waals surface area contributed by atoms with E-state index in [1.165, 1.54) is 11.0 Å². The molecule has 0 saturated heterocycles. The molecule has 1 aliphatic rings. The van der Waals surface area contributed by atoms with E-state index in [0.29, 0.717) is 17.0 Å². The SMILES string of the molecule is CCCCCC(=O)c1cc2c(cc1F)S(=O)(=O)C[C@H](N)C(=O)N2Cc1ccc(Cl)cc1.Cl. The molecule has 32 heavy (non-hydrogen) atoms. The molecule has 6 nitrogen and oxygen atoms in total. The van der Waals surface area contributed by atoms with Gasteiger partial charge in [0.05, 0.1) is 34.5 Å². The van der Waals surface area contributed by atoms with Gasteiger partial charge in [0.15, 0.2) is 15.6 Å². The largest absolute Gasteiger partial charge is 0.319 e. The van der Waals surface area contributed by atoms with Crippen molar-refractivity contribution in [2.75, 3.05) is 10.7 Å². The minimum absolute atomic E-state index is 0. The minimum atomic E-state index is -4.04. The van der Waals surface area contributed by atoms with Crippen LogP contribution in [0.15, 0.2) is 41.3 Å². The predicted molar refractivity (Wildman–Crippen MR) is 125 cm³/mol. The smallest absolute Gasteiger partial charge is 0.245 e. The highest BCUT2D eigenvalue weighted by Gasteiger charge is 2.37. The molecule has 1 atom stereocenters. The van der Waals surface area contributed by atoms with Crippen LogP contribution in [0.25, 0.3) is 0 Å². The summed E-state index contributed by atoms with van der Waals surface area (Å²) < 4.78 is 40.4. The van der Waals surface area contributed by atoms with Crippen LogP contribution in [0, 0.1) is 5.82 Å². The van der Waals surface area contributed by atoms with Crippen LogP contribution in [-0.4, -0.2) is 31.9 Å². The third kappa shape index (κ3) is 5.67. The van der Waals surface area contributed by atoms with Crippen molar-refractivity contribution in [1.82, 2.24) is 0 Å². The molecule has 174 valence electrons. The maximum atomic E-state index is 14.8. The average Bonchev–Trinajstić information content (AvgIpc) is 2.78. The molecule has 0 bridgehead atoms. The number of rotatable bonds is 7. The van der Waals surface area contributed by atoms with E-state index in [1.54, 1.807) is 24.3 Å². The molecule has 1 amide bonds. The molecule has 1 heterocycles. The topological polar surface area (TPSA) is 97.5 Å². The number of benzene rings is 2. The second kappa shape index (κ2) is 10.7. The highest BCUT2D eigenvalue weighted by atomic mass is 35.5. The van der Waals surface area contributed by atoms with Gasteiger partial charge in [-0.15, -0.1) is 12.4 Å². The van der Waals surface area contributed by atoms with Crippen LogP contribution in [-0.2, 0) is 21.2 Å². The number of hydrogen-bond acceptors (Lipinski definition) is 5. The summed E-state index contributed by atoms with van der Waals surface area (Å²) in [4.78, 5) is 26.4. The van der Waals surface area contributed by atoms with E-state index >= 15 is 0 Å². The van der Waals surface area contributed by atoms with Gasteiger partial charge in [0, 0.05) is 11.4 Å². The normalized spacial score (nSPS) is 17.3. The Morgan fingerprint density at radius 2 is 1.88 bits per heavy atom. The summed E-state index contributed by atoms with van der Waals surface area (Å²) >= 11 is 5.92. The molecule has 0 unspecified atom stereocenters. The van der Waals surface area contributed by atoms with E-state index in [4.69, 9.17) is 17.3 Å². The summed E-state index contributed by atoms with van der Waals surface area (Å²) in [5, 5.41) is 0.507. The molecule has 0 aliphatic carbocycles. The number of carbonyl (C=O) groups excluding carboxylic acids is 2. The number of nitrogens with two attached hydrogens (primary N) is 1. The van der Waals surface area contributed by atoms with Gasteiger partial charge in [-0.05, 0) is 36.2 Å². The molecule has 2 aromatic rings. The zero-order chi connectivity index (χ0) is 22.8. The Morgan fingerprint density at radius 3 is 2.50 bits per heavy atom. The number of halogens is 3. The first-order valence-corrected chi connectivity index (χ1v) is 12.1. The maximum Gasteiger partial charge on any atom is 0.245 e. The average molecular weight is 503 g/mol. The van der Waals surface area contributed by atoms with Crippen LogP contribution in [0.1, 0.15) is 48.5 Å². The van der Waals surface area contributed by atoms with Crippen molar-refractivity contribution in [1.29, 1.82) is 0 Å². The number of fused-ring (bicyclic) bond motifs is 1. The van der Waals surface area contributed by atoms with E-state index in [0.717, 1.165) is 18.9 Å². The Labute approximate surface area is 198 Å². The van der Waals surface area contributed by atoms with Gasteiger partial charge in [0.1, 0.15) is 5.82 Å². The Balaban J connectivity index is 0.00000363. The second-order valence-corrected chi connectivity index (χ2v) is 10.1. The van der Waals surface area contributed by atoms with Crippen LogP contribution < -0.4 is 10.6 Å². The van der Waals surface area contributed by atoms with E-state index in [9.17, 15) is 22.4 Å². The predicted octanol–water partition coefficient (Wildman–Crippen LogP) is 4.31. The number of ketones is 1. The van der Waals surface area contributed by atoms with Crippen LogP contribution in [0.3, 0.4) is 0 Å². The quantitative estimate of drug-likeness (QED) is 0.449. The molecular weight excluding hydrogens is 478 g/mol. The first kappa shape index (κ1) is 26.3. The number of amides is 1. The third-order valence-corrected chi connectivity index (χ3v) is 7.27. The lowest BCUT2D eigenvalue weighted by Crippen LogP contribution is -2.45. The number of carbonyl (C=O) groups is 2. The molecule has 1 aliphatic heterocycles. The first-order chi connectivity index (χ1) is 14.6. The first-order valence-electron chi connectivity index (χ1n) is 10.0. The molecule has 0 saturated carbocycles. The van der Waals surface area contributed by atoms with Crippen molar-refractivity contribution in [3.63, 3.8) is 0 Å². The fourth-order valence-electron chi connectivity index (χ4n) is 3.54. The number of unbranched alkanes of at least 4 members (excludes halogenated alkanes) is 2. The Bertz CT molecular complexity index is 1110. The maximum absolute atomic E-state index is 14.8. The molecular formula is C22H25Cl2FN2O4S. The Hall–Kier alpha value is -2.00. The lowest BCUT2D eigenvalue weighted by atomic mass is 10.0. The summed E-state index contributed by atoms with van der Waals surface area (Å²) in [6.45, 7) is 1.99. The van der Waals surface area contributed by atoms with Crippen molar-refractivity contribution in [3.05, 3.63) is 58.4 Å². The summed E-state index contributed by atoms with van der Waals surface area (Å²) in [5.74, 6) is -2.61. The van der Waals surface area contributed by atoms with Crippen LogP contribution >= 0.6 is 24.0 Å². The standard InChI is InChI=1S/C22H24ClFN2O4S.ClH/c1-2-3-4-5-20(27)16-10-19-21(11-17(16)24)31(29,30)13-18(25)22(28)26(19)12-14-6-8-15(23)9-7-14;/h6-11,18H,2-5,12-13,25H2,1H3;1H/t18-;/m0./s1. The fourth-order valence-corrected chi connectivity index (χ4v) is 5.23. The number of nitrogens with zero attached hydrogens (tertiary/aromatic N) is 1. The molecule has 3 rings (SSSR count). The van der Waals surface area contributed by atoms with Crippen molar-refractivity contribution < 1.29 is 22.4 Å². The molecule has 0 fully saturated rings. The number of hydrogen-bond donors (Lipinski definition) is 1. The fraction of sp³-hybridized carbons (Fsp3) is 0.364. The minimum Gasteiger partial charge on any atom is -0.319 e. The molecule has 2 N–H and O–H groups in total. The van der Waals surface area contributed by atoms with Gasteiger partial charge in [0.25, 0.3) is 0 Å². The molecule has 0 radical (unpaired) electrons. The van der Waals surface area contributed by atoms with Gasteiger partial charge in [-0.25, -0.2) is 12.8 Å². The van der Waals surface area contributed by atoms with Crippen molar-refractivity contribution >= 4 is 51.2 Å². The number of anilines is 1. The Morgan fingerprint density at radius 1 is 1.22 bits per heavy atom. The van der Waals surface area contributed by atoms with E-state index in [2.05, 4.69) is 0 Å². The van der Waals surface area contributed by atoms with Gasteiger partial charge in [-0.2, -0.15) is 0 Å². The molecule has 0 aromatic heterocycles. The number of sulfone groups is 1. The summed E-state index contributed by atoms with van der Waals surface area (Å²) in [7, 11) is -4.04. The van der Waals surface area contributed by atoms with Crippen LogP contribution in [0.5, 0.6) is 0 Å². The zero-order valence-electron chi connectivity index (χ0n) is 17.5. The molecule has 2 aromatic carbocycles. The highest BCUT2D eigenvalue weighted by molar-refractivity contribution is 7.91. The molecule has 0 spiro atoms. The van der Waals surface area contributed by atoms with Gasteiger partial charge < -0.3 is 10.6 Å². The summed E-state index contributed by atoms with van der Waals surface area (Å²) in [6.07, 6.45) is 2.46. The molecule has 10 heteroatoms. The monoisotopic (exact) mass is 502 g/mol. The van der Waals surface area contributed by atoms with Gasteiger partial charge in [-0.3, -0.25) is 9.59 Å². The van der Waals surface area contributed by atoms with Crippen LogP contribution in [0.4, 0.5) is 10.1 Å². The zero-order valence-corrected chi connectivity index (χ0v) is 19.9. The van der Waals surface area contributed by atoms with Gasteiger partial charge in [0.2, 0.25) is 5.91 Å². The van der Waals surface area contributed by atoms with Crippen LogP contribution in [0.2, 0.25) is 5.02 Å². The summed E-state index contributed by atoms with van der Waals surface area (Å²) in [5.41, 5.74) is 6.28. The summed E-state index contributed by atoms with van der Waals surface area (Å²) in [6, 6.07) is 7.37. The lowest BCUT2D eigenvalue weighted by molar-refractivity contribution is -0.119. The van der Waals surface area contributed by atoms with E-state index in [-0.39, 0.29) is 41.5 Å². The van der Waals surface area contributed by atoms with Gasteiger partial charge in [-0.1, -0.05) is 43.5 Å². The van der Waals surface area contributed by atoms with Crippen molar-refractivity contribution in [3.8, 4) is 0 Å². The van der Waals surface area contributed by atoms with E-state index < -0.39 is 39.1 Å². The third-order valence-electron chi connectivity index (χ3n) is 5.22. The Kier molecular flexibility index (Phi) is 8.82. The van der Waals surface area contributed by atoms with E-state index in [1.807, 2.05) is 6.92 Å². The van der Waals surface area contributed by atoms with Gasteiger partial charge >= 0.3 is 0 Å². The van der Waals surface area contributed by atoms with Crippen molar-refractivity contribution in [2.45, 2.75) is 50.1 Å². The second-order valence-electron chi connectivity index (χ2n) is 7.62. The lowest BCUT2D eigenvalue weighted by Gasteiger charge is -2.25. The highest BCUT2D eigenvalue weighted by Crippen LogP contribution is 2.34.